The van der Waals surface area contributed by atoms with Crippen molar-refractivity contribution in [1.29, 1.82) is 0 Å². The molecule has 19 heavy (non-hydrogen) atoms. The molecule has 108 valence electrons. The zero-order valence-corrected chi connectivity index (χ0v) is 11.8. The minimum Gasteiger partial charge on any atom is -0.391 e. The number of hydrogen-bond donors (Lipinski definition) is 3. The smallest absolute Gasteiger partial charge is 0.266 e. The van der Waals surface area contributed by atoms with E-state index in [0.717, 1.165) is 12.3 Å². The van der Waals surface area contributed by atoms with E-state index in [-0.39, 0.29) is 29.5 Å². The summed E-state index contributed by atoms with van der Waals surface area (Å²) in [6.45, 7) is 0.176. The highest BCUT2D eigenvalue weighted by molar-refractivity contribution is 7.89. The fraction of sp³-hybridized carbons (Fsp3) is 0.500. The number of nitrogens with one attached hydrogen (secondary N) is 2. The lowest BCUT2D eigenvalue weighted by Gasteiger charge is -2.10. The highest BCUT2D eigenvalue weighted by atomic mass is 35.5. The average Bonchev–Trinajstić information content (AvgIpc) is 2.32. The fourth-order valence-corrected chi connectivity index (χ4v) is 2.59. The summed E-state index contributed by atoms with van der Waals surface area (Å²) < 4.78 is 30.7. The number of sulfonamides is 1. The first kappa shape index (κ1) is 16.1. The van der Waals surface area contributed by atoms with Crippen molar-refractivity contribution in [1.82, 2.24) is 9.71 Å². The Morgan fingerprint density at radius 2 is 2.26 bits per heavy atom. The Morgan fingerprint density at radius 1 is 1.58 bits per heavy atom. The molecule has 3 N–H and O–H groups in total. The van der Waals surface area contributed by atoms with Crippen LogP contribution in [0.3, 0.4) is 0 Å². The molecule has 0 radical (unpaired) electrons. The number of aromatic amines is 1. The van der Waals surface area contributed by atoms with E-state index in [4.69, 9.17) is 16.3 Å². The number of hydrogen-bond acceptors (Lipinski definition) is 5. The highest BCUT2D eigenvalue weighted by Crippen LogP contribution is 2.10. The van der Waals surface area contributed by atoms with Crippen molar-refractivity contribution in [3.8, 4) is 0 Å². The number of ether oxygens (including phenoxy) is 1. The third kappa shape index (κ3) is 4.92. The zero-order valence-electron chi connectivity index (χ0n) is 10.2. The standard InChI is InChI=1S/C10H15ClN2O5S/c1-18-6-7(14)2-3-13-19(16,17)8-4-9(11)10(15)12-5-8/h4-5,7,13-14H,2-3,6H2,1H3,(H,12,15). The summed E-state index contributed by atoms with van der Waals surface area (Å²) in [7, 11) is -2.33. The SMILES string of the molecule is COCC(O)CCNS(=O)(=O)c1c[nH]c(=O)c(Cl)c1. The van der Waals surface area contributed by atoms with Gasteiger partial charge in [-0.25, -0.2) is 13.1 Å². The summed E-state index contributed by atoms with van der Waals surface area (Å²) in [4.78, 5) is 13.1. The molecular weight excluding hydrogens is 296 g/mol. The fourth-order valence-electron chi connectivity index (χ4n) is 1.31. The molecular formula is C10H15ClN2O5S. The van der Waals surface area contributed by atoms with Gasteiger partial charge < -0.3 is 14.8 Å². The molecule has 9 heteroatoms. The number of halogens is 1. The Bertz CT molecular complexity index is 572. The van der Waals surface area contributed by atoms with E-state index in [1.165, 1.54) is 7.11 Å². The van der Waals surface area contributed by atoms with E-state index in [1.807, 2.05) is 0 Å². The van der Waals surface area contributed by atoms with Gasteiger partial charge in [0.2, 0.25) is 10.0 Å². The molecule has 0 spiro atoms. The maximum atomic E-state index is 11.8. The van der Waals surface area contributed by atoms with Gasteiger partial charge in [-0.2, -0.15) is 0 Å². The molecule has 0 aromatic carbocycles. The second-order valence-corrected chi connectivity index (χ2v) is 5.98. The zero-order chi connectivity index (χ0) is 14.5. The van der Waals surface area contributed by atoms with Gasteiger partial charge in [0, 0.05) is 19.9 Å². The van der Waals surface area contributed by atoms with Crippen molar-refractivity contribution in [2.75, 3.05) is 20.3 Å². The largest absolute Gasteiger partial charge is 0.391 e. The van der Waals surface area contributed by atoms with Crippen molar-refractivity contribution in [2.24, 2.45) is 0 Å². The molecule has 1 aromatic rings. The molecule has 0 amide bonds. The molecule has 1 rings (SSSR count). The van der Waals surface area contributed by atoms with Crippen molar-refractivity contribution < 1.29 is 18.3 Å². The first-order valence-corrected chi connectivity index (χ1v) is 7.28. The van der Waals surface area contributed by atoms with Crippen LogP contribution in [0.5, 0.6) is 0 Å². The number of H-pyrrole nitrogens is 1. The van der Waals surface area contributed by atoms with Gasteiger partial charge in [0.15, 0.2) is 0 Å². The van der Waals surface area contributed by atoms with Gasteiger partial charge in [-0.15, -0.1) is 0 Å². The van der Waals surface area contributed by atoms with E-state index < -0.39 is 21.7 Å². The second kappa shape index (κ2) is 7.01. The van der Waals surface area contributed by atoms with Gasteiger partial charge in [-0.05, 0) is 12.5 Å². The van der Waals surface area contributed by atoms with E-state index >= 15 is 0 Å². The van der Waals surface area contributed by atoms with Crippen LogP contribution in [0.15, 0.2) is 22.0 Å². The Balaban J connectivity index is 2.66. The topological polar surface area (TPSA) is 108 Å². The molecule has 0 fully saturated rings. The molecule has 1 unspecified atom stereocenters. The Kier molecular flexibility index (Phi) is 5.95. The number of rotatable bonds is 7. The molecule has 0 saturated carbocycles. The number of aromatic nitrogens is 1. The van der Waals surface area contributed by atoms with Crippen LogP contribution in [0.25, 0.3) is 0 Å². The summed E-state index contributed by atoms with van der Waals surface area (Å²) in [6.07, 6.45) is 0.526. The van der Waals surface area contributed by atoms with E-state index in [2.05, 4.69) is 9.71 Å². The lowest BCUT2D eigenvalue weighted by Crippen LogP contribution is -2.29. The van der Waals surface area contributed by atoms with Crippen LogP contribution < -0.4 is 10.3 Å². The normalized spacial score (nSPS) is 13.4. The molecule has 7 nitrogen and oxygen atoms in total. The average molecular weight is 311 g/mol. The molecule has 1 heterocycles. The molecule has 1 aromatic heterocycles. The summed E-state index contributed by atoms with van der Waals surface area (Å²) in [5, 5.41) is 9.16. The summed E-state index contributed by atoms with van der Waals surface area (Å²) in [5.74, 6) is 0. The van der Waals surface area contributed by atoms with Crippen LogP contribution in [0.4, 0.5) is 0 Å². The number of aliphatic hydroxyl groups excluding tert-OH is 1. The second-order valence-electron chi connectivity index (χ2n) is 3.81. The van der Waals surface area contributed by atoms with E-state index in [0.29, 0.717) is 0 Å². The third-order valence-electron chi connectivity index (χ3n) is 2.27. The highest BCUT2D eigenvalue weighted by Gasteiger charge is 2.15. The van der Waals surface area contributed by atoms with Crippen molar-refractivity contribution >= 4 is 21.6 Å². The van der Waals surface area contributed by atoms with Gasteiger partial charge in [0.1, 0.15) is 5.02 Å². The number of aliphatic hydroxyl groups is 1. The molecule has 0 aliphatic carbocycles. The molecule has 0 aliphatic rings. The Labute approximate surface area is 115 Å². The number of pyridine rings is 1. The van der Waals surface area contributed by atoms with Crippen molar-refractivity contribution in [3.63, 3.8) is 0 Å². The van der Waals surface area contributed by atoms with Crippen LogP contribution in [0.2, 0.25) is 5.02 Å². The maximum Gasteiger partial charge on any atom is 0.266 e. The lowest BCUT2D eigenvalue weighted by molar-refractivity contribution is 0.0603. The molecule has 0 aliphatic heterocycles. The Morgan fingerprint density at radius 3 is 2.84 bits per heavy atom. The van der Waals surface area contributed by atoms with Gasteiger partial charge in [-0.3, -0.25) is 4.79 Å². The van der Waals surface area contributed by atoms with Crippen molar-refractivity contribution in [2.45, 2.75) is 17.4 Å². The first-order chi connectivity index (χ1) is 8.86. The predicted octanol–water partition coefficient (Wildman–Crippen LogP) is -0.296. The maximum absolute atomic E-state index is 11.8. The predicted molar refractivity (Wildman–Crippen MR) is 69.8 cm³/mol. The van der Waals surface area contributed by atoms with Gasteiger partial charge in [0.05, 0.1) is 17.6 Å². The summed E-state index contributed by atoms with van der Waals surface area (Å²) >= 11 is 5.55. The number of methoxy groups -OCH3 is 1. The molecule has 0 bridgehead atoms. The Hall–Kier alpha value is -0.930. The summed E-state index contributed by atoms with van der Waals surface area (Å²) in [5.41, 5.74) is -0.559. The lowest BCUT2D eigenvalue weighted by atomic mass is 10.3. The third-order valence-corrected chi connectivity index (χ3v) is 3.99. The molecule has 1 atom stereocenters. The minimum atomic E-state index is -3.77. The summed E-state index contributed by atoms with van der Waals surface area (Å²) in [6, 6.07) is 1.06. The van der Waals surface area contributed by atoms with Crippen LogP contribution >= 0.6 is 11.6 Å². The van der Waals surface area contributed by atoms with E-state index in [1.54, 1.807) is 0 Å². The van der Waals surface area contributed by atoms with Gasteiger partial charge in [-0.1, -0.05) is 11.6 Å². The first-order valence-electron chi connectivity index (χ1n) is 5.41. The van der Waals surface area contributed by atoms with Gasteiger partial charge >= 0.3 is 0 Å². The van der Waals surface area contributed by atoms with Crippen molar-refractivity contribution in [3.05, 3.63) is 27.6 Å². The van der Waals surface area contributed by atoms with Gasteiger partial charge in [0.25, 0.3) is 5.56 Å². The van der Waals surface area contributed by atoms with Crippen LogP contribution in [0.1, 0.15) is 6.42 Å². The van der Waals surface area contributed by atoms with Crippen LogP contribution in [-0.2, 0) is 14.8 Å². The minimum absolute atomic E-state index is 0.0452. The van der Waals surface area contributed by atoms with Crippen LogP contribution in [-0.4, -0.2) is 44.9 Å². The van der Waals surface area contributed by atoms with E-state index in [9.17, 15) is 18.3 Å². The van der Waals surface area contributed by atoms with Crippen LogP contribution in [0, 0.1) is 0 Å². The monoisotopic (exact) mass is 310 g/mol. The quantitative estimate of drug-likeness (QED) is 0.641. The molecule has 0 saturated heterocycles.